The summed E-state index contributed by atoms with van der Waals surface area (Å²) in [6.07, 6.45) is 3.53. The number of aromatic nitrogens is 2. The number of aliphatic hydroxyl groups excluding tert-OH is 1. The maximum absolute atomic E-state index is 10.1. The molecule has 1 N–H and O–H groups in total. The lowest BCUT2D eigenvalue weighted by Crippen LogP contribution is -2.08. The lowest BCUT2D eigenvalue weighted by molar-refractivity contribution is 0.174. The van der Waals surface area contributed by atoms with Gasteiger partial charge in [-0.25, -0.2) is 4.98 Å². The summed E-state index contributed by atoms with van der Waals surface area (Å²) in [5, 5.41) is 18.9. The molecular formula is C14H15N3O. The van der Waals surface area contributed by atoms with E-state index in [0.29, 0.717) is 12.0 Å². The molecule has 0 fully saturated rings. The number of nitriles is 1. The molecule has 1 atom stereocenters. The lowest BCUT2D eigenvalue weighted by atomic mass is 10.0. The summed E-state index contributed by atoms with van der Waals surface area (Å²) < 4.78 is 2.01. The number of aliphatic hydroxyl groups is 1. The Morgan fingerprint density at radius 1 is 1.39 bits per heavy atom. The van der Waals surface area contributed by atoms with E-state index in [2.05, 4.69) is 11.1 Å². The Kier molecular flexibility index (Phi) is 3.75. The van der Waals surface area contributed by atoms with Crippen LogP contribution in [0.15, 0.2) is 36.7 Å². The van der Waals surface area contributed by atoms with Gasteiger partial charge in [0.2, 0.25) is 0 Å². The van der Waals surface area contributed by atoms with Gasteiger partial charge in [-0.3, -0.25) is 0 Å². The molecule has 0 aliphatic carbocycles. The molecule has 0 spiro atoms. The third-order valence-electron chi connectivity index (χ3n) is 2.94. The van der Waals surface area contributed by atoms with E-state index < -0.39 is 6.10 Å². The van der Waals surface area contributed by atoms with E-state index >= 15 is 0 Å². The molecule has 0 amide bonds. The van der Waals surface area contributed by atoms with E-state index in [0.717, 1.165) is 17.9 Å². The van der Waals surface area contributed by atoms with Gasteiger partial charge >= 0.3 is 0 Å². The highest BCUT2D eigenvalue weighted by molar-refractivity contribution is 5.32. The van der Waals surface area contributed by atoms with Crippen molar-refractivity contribution >= 4 is 0 Å². The van der Waals surface area contributed by atoms with Gasteiger partial charge in [0.05, 0.1) is 17.7 Å². The van der Waals surface area contributed by atoms with E-state index in [1.165, 1.54) is 0 Å². The topological polar surface area (TPSA) is 61.8 Å². The normalized spacial score (nSPS) is 12.1. The average Bonchev–Trinajstić information content (AvgIpc) is 2.86. The predicted octanol–water partition coefficient (Wildman–Crippen LogP) is 2.05. The standard InChI is InChI=1S/C14H15N3O/c1-2-17-8-7-16-14(17)9-13(18)12-5-3-11(10-15)4-6-12/h3-8,13,18H,2,9H2,1H3. The molecule has 0 radical (unpaired) electrons. The first-order valence-corrected chi connectivity index (χ1v) is 5.92. The third kappa shape index (κ3) is 2.58. The Bertz CT molecular complexity index is 551. The van der Waals surface area contributed by atoms with Crippen molar-refractivity contribution in [1.29, 1.82) is 5.26 Å². The average molecular weight is 241 g/mol. The molecule has 0 aliphatic rings. The Morgan fingerprint density at radius 3 is 2.72 bits per heavy atom. The van der Waals surface area contributed by atoms with Crippen LogP contribution in [0.3, 0.4) is 0 Å². The zero-order valence-corrected chi connectivity index (χ0v) is 10.2. The molecule has 1 unspecified atom stereocenters. The van der Waals surface area contributed by atoms with Gasteiger partial charge in [-0.05, 0) is 24.6 Å². The smallest absolute Gasteiger partial charge is 0.111 e. The molecule has 0 aliphatic heterocycles. The summed E-state index contributed by atoms with van der Waals surface area (Å²) >= 11 is 0. The molecular weight excluding hydrogens is 226 g/mol. The van der Waals surface area contributed by atoms with Gasteiger partial charge in [-0.15, -0.1) is 0 Å². The highest BCUT2D eigenvalue weighted by atomic mass is 16.3. The molecule has 0 saturated heterocycles. The van der Waals surface area contributed by atoms with Crippen molar-refractivity contribution in [1.82, 2.24) is 9.55 Å². The monoisotopic (exact) mass is 241 g/mol. The van der Waals surface area contributed by atoms with Gasteiger partial charge in [0.25, 0.3) is 0 Å². The maximum Gasteiger partial charge on any atom is 0.111 e. The molecule has 1 aromatic carbocycles. The van der Waals surface area contributed by atoms with Crippen LogP contribution >= 0.6 is 0 Å². The Labute approximate surface area is 106 Å². The number of nitrogens with zero attached hydrogens (tertiary/aromatic N) is 3. The fourth-order valence-corrected chi connectivity index (χ4v) is 1.89. The van der Waals surface area contributed by atoms with E-state index in [-0.39, 0.29) is 0 Å². The molecule has 2 aromatic rings. The van der Waals surface area contributed by atoms with E-state index in [1.807, 2.05) is 17.7 Å². The van der Waals surface area contributed by atoms with Crippen molar-refractivity contribution in [3.05, 3.63) is 53.6 Å². The van der Waals surface area contributed by atoms with Crippen molar-refractivity contribution in [3.8, 4) is 6.07 Å². The van der Waals surface area contributed by atoms with Crippen LogP contribution in [0.4, 0.5) is 0 Å². The molecule has 1 aromatic heterocycles. The van der Waals surface area contributed by atoms with Crippen LogP contribution in [-0.4, -0.2) is 14.7 Å². The number of hydrogen-bond acceptors (Lipinski definition) is 3. The minimum Gasteiger partial charge on any atom is -0.388 e. The fraction of sp³-hybridized carbons (Fsp3) is 0.286. The Hall–Kier alpha value is -2.12. The molecule has 0 saturated carbocycles. The summed E-state index contributed by atoms with van der Waals surface area (Å²) in [4.78, 5) is 4.24. The Morgan fingerprint density at radius 2 is 2.11 bits per heavy atom. The van der Waals surface area contributed by atoms with Gasteiger partial charge in [-0.1, -0.05) is 12.1 Å². The number of hydrogen-bond donors (Lipinski definition) is 1. The number of rotatable bonds is 4. The SMILES string of the molecule is CCn1ccnc1CC(O)c1ccc(C#N)cc1. The predicted molar refractivity (Wildman–Crippen MR) is 67.7 cm³/mol. The maximum atomic E-state index is 10.1. The molecule has 18 heavy (non-hydrogen) atoms. The van der Waals surface area contributed by atoms with Crippen LogP contribution < -0.4 is 0 Å². The number of imidazole rings is 1. The van der Waals surface area contributed by atoms with Crippen molar-refractivity contribution in [3.63, 3.8) is 0 Å². The summed E-state index contributed by atoms with van der Waals surface area (Å²) in [7, 11) is 0. The second-order valence-corrected chi connectivity index (χ2v) is 4.08. The minimum absolute atomic E-state index is 0.479. The van der Waals surface area contributed by atoms with Crippen molar-refractivity contribution in [2.24, 2.45) is 0 Å². The summed E-state index contributed by atoms with van der Waals surface area (Å²) in [5.41, 5.74) is 1.40. The van der Waals surface area contributed by atoms with Crippen LogP contribution in [0.1, 0.15) is 30.0 Å². The van der Waals surface area contributed by atoms with E-state index in [4.69, 9.17) is 5.26 Å². The highest BCUT2D eigenvalue weighted by Crippen LogP contribution is 2.18. The summed E-state index contributed by atoms with van der Waals surface area (Å²) in [5.74, 6) is 0.870. The Balaban J connectivity index is 2.12. The van der Waals surface area contributed by atoms with Gasteiger partial charge in [0.1, 0.15) is 5.82 Å². The number of aryl methyl sites for hydroxylation is 1. The molecule has 92 valence electrons. The van der Waals surface area contributed by atoms with Crippen molar-refractivity contribution < 1.29 is 5.11 Å². The van der Waals surface area contributed by atoms with Gasteiger partial charge < -0.3 is 9.67 Å². The molecule has 1 heterocycles. The van der Waals surface area contributed by atoms with Gasteiger partial charge in [0, 0.05) is 25.4 Å². The first-order valence-electron chi connectivity index (χ1n) is 5.92. The summed E-state index contributed by atoms with van der Waals surface area (Å²) in [6.45, 7) is 2.88. The quantitative estimate of drug-likeness (QED) is 0.891. The van der Waals surface area contributed by atoms with Crippen molar-refractivity contribution in [2.75, 3.05) is 0 Å². The summed E-state index contributed by atoms with van der Waals surface area (Å²) in [6, 6.07) is 9.05. The van der Waals surface area contributed by atoms with Crippen molar-refractivity contribution in [2.45, 2.75) is 26.0 Å². The molecule has 4 heteroatoms. The van der Waals surface area contributed by atoms with Crippen LogP contribution in [0, 0.1) is 11.3 Å². The lowest BCUT2D eigenvalue weighted by Gasteiger charge is -2.11. The van der Waals surface area contributed by atoms with Gasteiger partial charge in [-0.2, -0.15) is 5.26 Å². The van der Waals surface area contributed by atoms with Crippen LogP contribution in [-0.2, 0) is 13.0 Å². The van der Waals surface area contributed by atoms with Crippen LogP contribution in [0.5, 0.6) is 0 Å². The van der Waals surface area contributed by atoms with Crippen LogP contribution in [0.2, 0.25) is 0 Å². The second-order valence-electron chi connectivity index (χ2n) is 4.08. The van der Waals surface area contributed by atoms with Crippen LogP contribution in [0.25, 0.3) is 0 Å². The van der Waals surface area contributed by atoms with E-state index in [9.17, 15) is 5.11 Å². The zero-order chi connectivity index (χ0) is 13.0. The van der Waals surface area contributed by atoms with E-state index in [1.54, 1.807) is 30.5 Å². The second kappa shape index (κ2) is 5.48. The molecule has 0 bridgehead atoms. The zero-order valence-electron chi connectivity index (χ0n) is 10.2. The first-order chi connectivity index (χ1) is 8.74. The highest BCUT2D eigenvalue weighted by Gasteiger charge is 2.11. The third-order valence-corrected chi connectivity index (χ3v) is 2.94. The molecule has 4 nitrogen and oxygen atoms in total. The largest absolute Gasteiger partial charge is 0.388 e. The molecule has 2 rings (SSSR count). The minimum atomic E-state index is -0.592. The first kappa shape index (κ1) is 12.3. The number of benzene rings is 1. The van der Waals surface area contributed by atoms with Gasteiger partial charge in [0.15, 0.2) is 0 Å². The fourth-order valence-electron chi connectivity index (χ4n) is 1.89.